The molecule has 26 heavy (non-hydrogen) atoms. The predicted octanol–water partition coefficient (Wildman–Crippen LogP) is 2.25. The predicted molar refractivity (Wildman–Crippen MR) is 97.4 cm³/mol. The van der Waals surface area contributed by atoms with Crippen LogP contribution in [-0.2, 0) is 0 Å². The quantitative estimate of drug-likeness (QED) is 0.861. The molecule has 0 unspecified atom stereocenters. The molecule has 2 heterocycles. The van der Waals surface area contributed by atoms with Crippen molar-refractivity contribution >= 4 is 16.7 Å². The Balaban J connectivity index is 1.57. The molecule has 0 spiro atoms. The molecule has 0 radical (unpaired) electrons. The Morgan fingerprint density at radius 1 is 1.42 bits per heavy atom. The van der Waals surface area contributed by atoms with Gasteiger partial charge in [-0.15, -0.1) is 0 Å². The summed E-state index contributed by atoms with van der Waals surface area (Å²) in [6.45, 7) is 7.22. The highest BCUT2D eigenvalue weighted by Gasteiger charge is 2.89. The standard InChI is InChI=1S/C20H23N3O3/c1-10(2)25-15-7-13-11(6-14(15)16(21)24)4-5-22-17(13)26-20-8-12-9-23-18(20)19(12,20)3/h4-7,10,12,18,23H,8-9H2,1-3H3,(H2,21,24)/t12-,18+,19-,20-/m1/s1. The van der Waals surface area contributed by atoms with Crippen molar-refractivity contribution in [3.63, 3.8) is 0 Å². The van der Waals surface area contributed by atoms with E-state index in [4.69, 9.17) is 15.2 Å². The van der Waals surface area contributed by atoms with Gasteiger partial charge in [-0.05, 0) is 56.3 Å². The topological polar surface area (TPSA) is 86.5 Å². The number of hydrogen-bond donors (Lipinski definition) is 2. The minimum Gasteiger partial charge on any atom is -0.490 e. The van der Waals surface area contributed by atoms with E-state index in [0.717, 1.165) is 23.7 Å². The average Bonchev–Trinajstić information content (AvgIpc) is 2.81. The summed E-state index contributed by atoms with van der Waals surface area (Å²) in [7, 11) is 0. The van der Waals surface area contributed by atoms with Gasteiger partial charge in [0, 0.05) is 17.0 Å². The lowest BCUT2D eigenvalue weighted by Crippen LogP contribution is -2.49. The van der Waals surface area contributed by atoms with E-state index in [9.17, 15) is 4.79 Å². The molecule has 2 saturated carbocycles. The van der Waals surface area contributed by atoms with Crippen molar-refractivity contribution in [2.45, 2.75) is 44.9 Å². The van der Waals surface area contributed by atoms with Crippen molar-refractivity contribution in [2.24, 2.45) is 17.1 Å². The fourth-order valence-electron chi connectivity index (χ4n) is 5.15. The summed E-state index contributed by atoms with van der Waals surface area (Å²) in [5, 5.41) is 5.28. The van der Waals surface area contributed by atoms with E-state index in [0.29, 0.717) is 29.2 Å². The second-order valence-corrected chi connectivity index (χ2v) is 8.23. The van der Waals surface area contributed by atoms with Gasteiger partial charge in [-0.3, -0.25) is 4.79 Å². The lowest BCUT2D eigenvalue weighted by molar-refractivity contribution is -0.0119. The zero-order chi connectivity index (χ0) is 18.3. The number of nitrogens with two attached hydrogens (primary N) is 1. The molecular weight excluding hydrogens is 330 g/mol. The average molecular weight is 353 g/mol. The maximum Gasteiger partial charge on any atom is 0.252 e. The monoisotopic (exact) mass is 353 g/mol. The van der Waals surface area contributed by atoms with E-state index in [2.05, 4.69) is 17.2 Å². The lowest BCUT2D eigenvalue weighted by Gasteiger charge is -2.41. The molecule has 1 aromatic heterocycles. The van der Waals surface area contributed by atoms with Gasteiger partial charge in [-0.2, -0.15) is 0 Å². The van der Waals surface area contributed by atoms with E-state index in [1.165, 1.54) is 0 Å². The SMILES string of the molecule is CC(C)Oc1cc2c(O[C@]34C[C@@H]5CN[C@H]3[C@@]54C)nccc2cc1C(N)=O. The fourth-order valence-corrected chi connectivity index (χ4v) is 5.15. The number of fused-ring (bicyclic) bond motifs is 2. The Morgan fingerprint density at radius 2 is 2.23 bits per heavy atom. The number of carbonyl (C=O) groups excluding carboxylic acids is 1. The third kappa shape index (κ3) is 1.80. The maximum atomic E-state index is 11.8. The highest BCUT2D eigenvalue weighted by atomic mass is 16.5. The van der Waals surface area contributed by atoms with Crippen LogP contribution in [0.25, 0.3) is 10.8 Å². The summed E-state index contributed by atoms with van der Waals surface area (Å²) in [6, 6.07) is 5.87. The molecule has 3 N–H and O–H groups in total. The maximum absolute atomic E-state index is 11.8. The first-order valence-electron chi connectivity index (χ1n) is 9.18. The van der Waals surface area contributed by atoms with E-state index in [1.54, 1.807) is 12.3 Å². The smallest absolute Gasteiger partial charge is 0.252 e. The first-order valence-corrected chi connectivity index (χ1v) is 9.18. The highest BCUT2D eigenvalue weighted by molar-refractivity contribution is 6.01. The third-order valence-corrected chi connectivity index (χ3v) is 6.60. The second kappa shape index (κ2) is 4.88. The number of ether oxygens (including phenoxy) is 2. The van der Waals surface area contributed by atoms with Gasteiger partial charge in [0.05, 0.1) is 17.7 Å². The summed E-state index contributed by atoms with van der Waals surface area (Å²) < 4.78 is 12.3. The van der Waals surface area contributed by atoms with Gasteiger partial charge in [0.15, 0.2) is 0 Å². The van der Waals surface area contributed by atoms with Crippen molar-refractivity contribution in [1.82, 2.24) is 10.3 Å². The number of amides is 1. The number of pyridine rings is 1. The molecule has 3 aliphatic rings. The van der Waals surface area contributed by atoms with Gasteiger partial charge in [-0.1, -0.05) is 6.92 Å². The van der Waals surface area contributed by atoms with Crippen LogP contribution >= 0.6 is 0 Å². The van der Waals surface area contributed by atoms with Crippen molar-refractivity contribution < 1.29 is 14.3 Å². The number of carbonyl (C=O) groups is 1. The molecule has 5 rings (SSSR count). The minimum absolute atomic E-state index is 0.0662. The molecule has 4 atom stereocenters. The van der Waals surface area contributed by atoms with E-state index in [1.807, 2.05) is 26.0 Å². The molecule has 2 aromatic rings. The second-order valence-electron chi connectivity index (χ2n) is 8.23. The lowest BCUT2D eigenvalue weighted by atomic mass is 9.72. The summed E-state index contributed by atoms with van der Waals surface area (Å²) in [5.41, 5.74) is 6.00. The molecule has 1 amide bonds. The van der Waals surface area contributed by atoms with E-state index < -0.39 is 5.91 Å². The van der Waals surface area contributed by atoms with Crippen LogP contribution in [-0.4, -0.2) is 35.2 Å². The number of nitrogens with one attached hydrogen (secondary N) is 1. The molecule has 1 aromatic carbocycles. The van der Waals surface area contributed by atoms with Crippen LogP contribution in [0.1, 0.15) is 37.6 Å². The molecule has 0 bridgehead atoms. The first-order chi connectivity index (χ1) is 12.4. The summed E-state index contributed by atoms with van der Waals surface area (Å²) in [5.74, 6) is 1.27. The Hall–Kier alpha value is -2.34. The first kappa shape index (κ1) is 15.9. The summed E-state index contributed by atoms with van der Waals surface area (Å²) >= 11 is 0. The van der Waals surface area contributed by atoms with Crippen LogP contribution in [0.3, 0.4) is 0 Å². The van der Waals surface area contributed by atoms with Gasteiger partial charge >= 0.3 is 0 Å². The van der Waals surface area contributed by atoms with Gasteiger partial charge in [-0.25, -0.2) is 4.98 Å². The van der Waals surface area contributed by atoms with Gasteiger partial charge in [0.2, 0.25) is 5.88 Å². The van der Waals surface area contributed by atoms with Crippen molar-refractivity contribution in [3.8, 4) is 11.6 Å². The Morgan fingerprint density at radius 3 is 2.85 bits per heavy atom. The molecule has 3 fully saturated rings. The minimum atomic E-state index is -0.504. The normalized spacial score (nSPS) is 33.7. The number of rotatable bonds is 5. The third-order valence-electron chi connectivity index (χ3n) is 6.60. The number of benzene rings is 1. The largest absolute Gasteiger partial charge is 0.490 e. The van der Waals surface area contributed by atoms with Crippen molar-refractivity contribution in [2.75, 3.05) is 6.54 Å². The fraction of sp³-hybridized carbons (Fsp3) is 0.500. The van der Waals surface area contributed by atoms with Gasteiger partial charge in [0.25, 0.3) is 5.91 Å². The number of nitrogens with zero attached hydrogens (tertiary/aromatic N) is 1. The summed E-state index contributed by atoms with van der Waals surface area (Å²) in [6.07, 6.45) is 2.73. The van der Waals surface area contributed by atoms with Crippen LogP contribution in [0.15, 0.2) is 24.4 Å². The number of aromatic nitrogens is 1. The molecule has 2 aliphatic carbocycles. The Labute approximate surface area is 152 Å². The highest BCUT2D eigenvalue weighted by Crippen LogP contribution is 2.77. The molecule has 1 aliphatic heterocycles. The molecule has 136 valence electrons. The zero-order valence-corrected chi connectivity index (χ0v) is 15.2. The molecular formula is C20H23N3O3. The van der Waals surface area contributed by atoms with Crippen LogP contribution in [0, 0.1) is 11.3 Å². The molecule has 6 nitrogen and oxygen atoms in total. The van der Waals surface area contributed by atoms with E-state index >= 15 is 0 Å². The Kier molecular flexibility index (Phi) is 2.98. The van der Waals surface area contributed by atoms with Crippen LogP contribution in [0.4, 0.5) is 0 Å². The molecule has 6 heteroatoms. The number of piperidine rings is 2. The van der Waals surface area contributed by atoms with Crippen molar-refractivity contribution in [1.29, 1.82) is 0 Å². The Bertz CT molecular complexity index is 943. The number of hydrogen-bond acceptors (Lipinski definition) is 5. The number of primary amides is 1. The van der Waals surface area contributed by atoms with Crippen LogP contribution in [0.5, 0.6) is 11.6 Å². The molecule has 1 saturated heterocycles. The van der Waals surface area contributed by atoms with Gasteiger partial charge < -0.3 is 20.5 Å². The van der Waals surface area contributed by atoms with Crippen LogP contribution < -0.4 is 20.5 Å². The van der Waals surface area contributed by atoms with Gasteiger partial charge in [0.1, 0.15) is 11.4 Å². The van der Waals surface area contributed by atoms with Crippen molar-refractivity contribution in [3.05, 3.63) is 30.0 Å². The van der Waals surface area contributed by atoms with E-state index in [-0.39, 0.29) is 17.1 Å². The zero-order valence-electron chi connectivity index (χ0n) is 15.2. The summed E-state index contributed by atoms with van der Waals surface area (Å²) in [4.78, 5) is 16.3. The van der Waals surface area contributed by atoms with Crippen LogP contribution in [0.2, 0.25) is 0 Å².